The number of aryl methyl sites for hydroxylation is 2. The summed E-state index contributed by atoms with van der Waals surface area (Å²) in [4.78, 5) is 44.9. The summed E-state index contributed by atoms with van der Waals surface area (Å²) in [6.45, 7) is 1.51. The summed E-state index contributed by atoms with van der Waals surface area (Å²) in [6.07, 6.45) is 4.16. The van der Waals surface area contributed by atoms with Crippen molar-refractivity contribution in [2.24, 2.45) is 0 Å². The Hall–Kier alpha value is -3.58. The summed E-state index contributed by atoms with van der Waals surface area (Å²) in [6, 6.07) is 5.68. The average Bonchev–Trinajstić information content (AvgIpc) is 3.50. The van der Waals surface area contributed by atoms with Gasteiger partial charge in [-0.05, 0) is 50.3 Å². The molecule has 0 amide bonds. The zero-order valence-electron chi connectivity index (χ0n) is 19.2. The molecule has 1 aromatic carbocycles. The van der Waals surface area contributed by atoms with E-state index in [9.17, 15) is 19.7 Å². The predicted molar refractivity (Wildman–Crippen MR) is 134 cm³/mol. The van der Waals surface area contributed by atoms with Crippen LogP contribution in [0.4, 0.5) is 5.69 Å². The van der Waals surface area contributed by atoms with E-state index in [1.807, 2.05) is 0 Å². The van der Waals surface area contributed by atoms with Crippen molar-refractivity contribution in [3.63, 3.8) is 0 Å². The fourth-order valence-corrected chi connectivity index (χ4v) is 5.98. The molecule has 1 N–H and O–H groups in total. The summed E-state index contributed by atoms with van der Waals surface area (Å²) in [5.41, 5.74) is 1.49. The average molecular weight is 528 g/mol. The van der Waals surface area contributed by atoms with Crippen LogP contribution in [0.1, 0.15) is 41.9 Å². The topological polar surface area (TPSA) is 154 Å². The first-order chi connectivity index (χ1) is 17.4. The number of thioether (sulfide) groups is 1. The molecule has 1 aliphatic carbocycles. The number of hydrogen-bond acceptors (Lipinski definition) is 11. The van der Waals surface area contributed by atoms with E-state index < -0.39 is 16.1 Å². The van der Waals surface area contributed by atoms with E-state index in [1.165, 1.54) is 40.9 Å². The Morgan fingerprint density at radius 3 is 2.83 bits per heavy atom. The Bertz CT molecular complexity index is 1490. The minimum Gasteiger partial charge on any atom is -0.455 e. The number of thiophene rings is 1. The molecule has 1 aliphatic rings. The van der Waals surface area contributed by atoms with E-state index >= 15 is 0 Å². The zero-order valence-corrected chi connectivity index (χ0v) is 20.8. The Morgan fingerprint density at radius 1 is 1.28 bits per heavy atom. The standard InChI is InChI=1S/C23H21N5O6S2/c1-12(35-11-17-24-20(29)19-15-4-2-3-5-16(15)36-22(19)25-17)23(30)33-10-18-26-27-21(34-18)13-6-8-14(9-7-13)28(31)32/h6-9,12H,2-5,10-11H2,1H3,(H,24,25,29)/t12-/m0/s1. The van der Waals surface area contributed by atoms with Crippen molar-refractivity contribution in [3.05, 3.63) is 66.9 Å². The molecule has 0 aliphatic heterocycles. The van der Waals surface area contributed by atoms with Gasteiger partial charge in [0, 0.05) is 22.6 Å². The van der Waals surface area contributed by atoms with Crippen LogP contribution in [0.3, 0.4) is 0 Å². The smallest absolute Gasteiger partial charge is 0.319 e. The van der Waals surface area contributed by atoms with Crippen molar-refractivity contribution < 1.29 is 18.9 Å². The van der Waals surface area contributed by atoms with Gasteiger partial charge in [0.2, 0.25) is 5.89 Å². The predicted octanol–water partition coefficient (Wildman–Crippen LogP) is 4.19. The molecule has 5 rings (SSSR count). The molecule has 11 nitrogen and oxygen atoms in total. The summed E-state index contributed by atoms with van der Waals surface area (Å²) >= 11 is 2.90. The molecule has 36 heavy (non-hydrogen) atoms. The van der Waals surface area contributed by atoms with Crippen molar-refractivity contribution in [3.8, 4) is 11.5 Å². The summed E-state index contributed by atoms with van der Waals surface area (Å²) in [5, 5.41) is 18.7. The SMILES string of the molecule is C[C@H](SCc1nc2sc3c(c2c(=O)[nH]1)CCCC3)C(=O)OCc1nnc(-c2ccc([N+](=O)[O-])cc2)o1. The highest BCUT2D eigenvalue weighted by Gasteiger charge is 2.21. The van der Waals surface area contributed by atoms with Gasteiger partial charge in [0.25, 0.3) is 17.1 Å². The Morgan fingerprint density at radius 2 is 2.06 bits per heavy atom. The molecular formula is C23H21N5O6S2. The third-order valence-electron chi connectivity index (χ3n) is 5.81. The second-order valence-corrected chi connectivity index (χ2v) is 10.7. The number of nitro benzene ring substituents is 1. The summed E-state index contributed by atoms with van der Waals surface area (Å²) < 4.78 is 10.8. The highest BCUT2D eigenvalue weighted by molar-refractivity contribution is 7.99. The van der Waals surface area contributed by atoms with Gasteiger partial charge in [-0.3, -0.25) is 19.7 Å². The number of benzene rings is 1. The maximum atomic E-state index is 12.7. The molecular weight excluding hydrogens is 506 g/mol. The zero-order chi connectivity index (χ0) is 25.2. The van der Waals surface area contributed by atoms with Crippen LogP contribution in [0.2, 0.25) is 0 Å². The molecule has 0 radical (unpaired) electrons. The second-order valence-electron chi connectivity index (χ2n) is 8.27. The number of nitro groups is 1. The fraction of sp³-hybridized carbons (Fsp3) is 0.348. The van der Waals surface area contributed by atoms with Crippen LogP contribution in [0, 0.1) is 10.1 Å². The lowest BCUT2D eigenvalue weighted by Gasteiger charge is -2.10. The Labute approximate surface area is 212 Å². The number of H-pyrrole nitrogens is 1. The summed E-state index contributed by atoms with van der Waals surface area (Å²) in [5.74, 6) is 0.686. The number of rotatable bonds is 8. The molecule has 3 aromatic heterocycles. The van der Waals surface area contributed by atoms with E-state index in [4.69, 9.17) is 9.15 Å². The molecule has 0 unspecified atom stereocenters. The first-order valence-corrected chi connectivity index (χ1v) is 13.1. The van der Waals surface area contributed by atoms with Crippen LogP contribution < -0.4 is 5.56 Å². The molecule has 3 heterocycles. The van der Waals surface area contributed by atoms with E-state index in [2.05, 4.69) is 20.2 Å². The number of carbonyl (C=O) groups excluding carboxylic acids is 1. The molecule has 0 saturated carbocycles. The number of hydrogen-bond donors (Lipinski definition) is 1. The van der Waals surface area contributed by atoms with Gasteiger partial charge in [0.15, 0.2) is 6.61 Å². The third kappa shape index (κ3) is 5.02. The molecule has 186 valence electrons. The molecule has 0 spiro atoms. The van der Waals surface area contributed by atoms with Gasteiger partial charge in [-0.25, -0.2) is 4.98 Å². The maximum Gasteiger partial charge on any atom is 0.319 e. The van der Waals surface area contributed by atoms with Crippen LogP contribution in [-0.4, -0.2) is 36.3 Å². The van der Waals surface area contributed by atoms with Crippen molar-refractivity contribution >= 4 is 45.0 Å². The van der Waals surface area contributed by atoms with Gasteiger partial charge >= 0.3 is 5.97 Å². The number of ether oxygens (including phenoxy) is 1. The largest absolute Gasteiger partial charge is 0.455 e. The first-order valence-electron chi connectivity index (χ1n) is 11.3. The number of carbonyl (C=O) groups is 1. The highest BCUT2D eigenvalue weighted by Crippen LogP contribution is 2.33. The minimum absolute atomic E-state index is 0.0485. The van der Waals surface area contributed by atoms with Gasteiger partial charge in [-0.2, -0.15) is 0 Å². The molecule has 4 aromatic rings. The molecule has 0 fully saturated rings. The van der Waals surface area contributed by atoms with E-state index in [-0.39, 0.29) is 29.6 Å². The number of esters is 1. The van der Waals surface area contributed by atoms with Crippen molar-refractivity contribution in [1.29, 1.82) is 0 Å². The van der Waals surface area contributed by atoms with Crippen LogP contribution in [-0.2, 0) is 34.7 Å². The van der Waals surface area contributed by atoms with Crippen LogP contribution in [0.25, 0.3) is 21.7 Å². The van der Waals surface area contributed by atoms with Crippen LogP contribution >= 0.6 is 23.1 Å². The molecule has 0 saturated heterocycles. The van der Waals surface area contributed by atoms with E-state index in [0.29, 0.717) is 22.5 Å². The number of nitrogens with zero attached hydrogens (tertiary/aromatic N) is 4. The Balaban J connectivity index is 1.16. The van der Waals surface area contributed by atoms with Gasteiger partial charge in [-0.15, -0.1) is 33.3 Å². The number of aromatic amines is 1. The highest BCUT2D eigenvalue weighted by atomic mass is 32.2. The number of non-ortho nitro benzene ring substituents is 1. The lowest BCUT2D eigenvalue weighted by Crippen LogP contribution is -2.18. The van der Waals surface area contributed by atoms with Crippen molar-refractivity contribution in [1.82, 2.24) is 20.2 Å². The second kappa shape index (κ2) is 10.2. The molecule has 1 atom stereocenters. The number of nitrogens with one attached hydrogen (secondary N) is 1. The monoisotopic (exact) mass is 527 g/mol. The summed E-state index contributed by atoms with van der Waals surface area (Å²) in [7, 11) is 0. The normalized spacial score (nSPS) is 13.9. The lowest BCUT2D eigenvalue weighted by atomic mass is 9.97. The quantitative estimate of drug-likeness (QED) is 0.200. The van der Waals surface area contributed by atoms with Crippen LogP contribution in [0.15, 0.2) is 33.5 Å². The van der Waals surface area contributed by atoms with Crippen molar-refractivity contribution in [2.75, 3.05) is 0 Å². The molecule has 13 heteroatoms. The minimum atomic E-state index is -0.514. The maximum absolute atomic E-state index is 12.7. The van der Waals surface area contributed by atoms with Gasteiger partial charge in [0.05, 0.1) is 16.1 Å². The first kappa shape index (κ1) is 24.1. The Kier molecular flexibility index (Phi) is 6.83. The number of fused-ring (bicyclic) bond motifs is 3. The molecule has 0 bridgehead atoms. The van der Waals surface area contributed by atoms with E-state index in [0.717, 1.165) is 36.1 Å². The van der Waals surface area contributed by atoms with Crippen LogP contribution in [0.5, 0.6) is 0 Å². The van der Waals surface area contributed by atoms with E-state index in [1.54, 1.807) is 18.3 Å². The van der Waals surface area contributed by atoms with Gasteiger partial charge in [0.1, 0.15) is 15.9 Å². The lowest BCUT2D eigenvalue weighted by molar-refractivity contribution is -0.384. The van der Waals surface area contributed by atoms with Crippen molar-refractivity contribution in [2.45, 2.75) is 50.2 Å². The number of aromatic nitrogens is 4. The van der Waals surface area contributed by atoms with Gasteiger partial charge in [-0.1, -0.05) is 0 Å². The fourth-order valence-electron chi connectivity index (χ4n) is 3.95. The third-order valence-corrected chi connectivity index (χ3v) is 8.12. The van der Waals surface area contributed by atoms with Gasteiger partial charge < -0.3 is 14.1 Å².